The number of amides is 1. The topological polar surface area (TPSA) is 143 Å². The van der Waals surface area contributed by atoms with Crippen molar-refractivity contribution in [3.8, 4) is 5.69 Å². The molecule has 4 aromatic rings. The van der Waals surface area contributed by atoms with E-state index in [0.29, 0.717) is 22.7 Å². The quantitative estimate of drug-likeness (QED) is 0.327. The standard InChI is InChI=1S/C20H22N8O3/c1-2-27-10-14(7-24-27)25-20-22-9-17-18(26-20)28(12-23-17)15-5-3-13(4-6-15)19(31)21-8-16(30)11-29/h3-7,9-10,12,16,29-30H,2,8,11H2,1H3,(H,21,31)(H,22,25,26). The molecule has 31 heavy (non-hydrogen) atoms. The number of imidazole rings is 1. The van der Waals surface area contributed by atoms with Gasteiger partial charge in [-0.1, -0.05) is 0 Å². The third-order valence-electron chi connectivity index (χ3n) is 4.62. The Bertz CT molecular complexity index is 1180. The second kappa shape index (κ2) is 8.90. The molecule has 4 N–H and O–H groups in total. The zero-order chi connectivity index (χ0) is 21.8. The molecular weight excluding hydrogens is 400 g/mol. The van der Waals surface area contributed by atoms with Crippen LogP contribution in [0.1, 0.15) is 17.3 Å². The predicted molar refractivity (Wildman–Crippen MR) is 113 cm³/mol. The summed E-state index contributed by atoms with van der Waals surface area (Å²) < 4.78 is 3.60. The summed E-state index contributed by atoms with van der Waals surface area (Å²) in [5, 5.41) is 28.1. The van der Waals surface area contributed by atoms with Gasteiger partial charge in [0.25, 0.3) is 5.91 Å². The summed E-state index contributed by atoms with van der Waals surface area (Å²) in [5.74, 6) is 0.0827. The Morgan fingerprint density at radius 3 is 2.71 bits per heavy atom. The smallest absolute Gasteiger partial charge is 0.251 e. The van der Waals surface area contributed by atoms with Crippen molar-refractivity contribution in [2.75, 3.05) is 18.5 Å². The van der Waals surface area contributed by atoms with Crippen LogP contribution in [0.5, 0.6) is 0 Å². The van der Waals surface area contributed by atoms with Gasteiger partial charge < -0.3 is 20.8 Å². The molecule has 11 heteroatoms. The molecule has 0 spiro atoms. The van der Waals surface area contributed by atoms with Crippen LogP contribution in [0.3, 0.4) is 0 Å². The van der Waals surface area contributed by atoms with Gasteiger partial charge in [-0.15, -0.1) is 0 Å². The van der Waals surface area contributed by atoms with Gasteiger partial charge >= 0.3 is 0 Å². The number of benzene rings is 1. The number of carbonyl (C=O) groups excluding carboxylic acids is 1. The van der Waals surface area contributed by atoms with Gasteiger partial charge in [0.15, 0.2) is 5.65 Å². The van der Waals surface area contributed by atoms with Crippen LogP contribution in [0.2, 0.25) is 0 Å². The van der Waals surface area contributed by atoms with Gasteiger partial charge in [0.2, 0.25) is 5.95 Å². The minimum absolute atomic E-state index is 0.0207. The molecule has 160 valence electrons. The number of anilines is 2. The van der Waals surface area contributed by atoms with Crippen LogP contribution in [-0.4, -0.2) is 64.7 Å². The van der Waals surface area contributed by atoms with Crippen molar-refractivity contribution in [1.29, 1.82) is 0 Å². The maximum atomic E-state index is 12.2. The van der Waals surface area contributed by atoms with E-state index < -0.39 is 12.7 Å². The maximum absolute atomic E-state index is 12.2. The number of hydrogen-bond donors (Lipinski definition) is 4. The highest BCUT2D eigenvalue weighted by molar-refractivity contribution is 5.94. The number of nitrogens with zero attached hydrogens (tertiary/aromatic N) is 6. The summed E-state index contributed by atoms with van der Waals surface area (Å²) in [6, 6.07) is 6.89. The molecule has 0 aliphatic heterocycles. The minimum atomic E-state index is -0.987. The van der Waals surface area contributed by atoms with Crippen LogP contribution in [0.15, 0.2) is 49.2 Å². The fraction of sp³-hybridized carbons (Fsp3) is 0.250. The molecule has 0 bridgehead atoms. The molecule has 4 rings (SSSR count). The number of aromatic nitrogens is 6. The van der Waals surface area contributed by atoms with Crippen LogP contribution < -0.4 is 10.6 Å². The molecular formula is C20H22N8O3. The lowest BCUT2D eigenvalue weighted by Gasteiger charge is -2.10. The fourth-order valence-electron chi connectivity index (χ4n) is 2.94. The number of aliphatic hydroxyl groups is 2. The van der Waals surface area contributed by atoms with Crippen LogP contribution >= 0.6 is 0 Å². The van der Waals surface area contributed by atoms with Crippen molar-refractivity contribution in [2.24, 2.45) is 0 Å². The molecule has 3 heterocycles. The highest BCUT2D eigenvalue weighted by Gasteiger charge is 2.12. The van der Waals surface area contributed by atoms with Crippen molar-refractivity contribution < 1.29 is 15.0 Å². The number of fused-ring (bicyclic) bond motifs is 1. The summed E-state index contributed by atoms with van der Waals surface area (Å²) in [7, 11) is 0. The Kier molecular flexibility index (Phi) is 5.87. The van der Waals surface area contributed by atoms with Crippen molar-refractivity contribution in [2.45, 2.75) is 19.6 Å². The highest BCUT2D eigenvalue weighted by Crippen LogP contribution is 2.19. The largest absolute Gasteiger partial charge is 0.394 e. The Balaban J connectivity index is 1.54. The molecule has 1 unspecified atom stereocenters. The molecule has 11 nitrogen and oxygen atoms in total. The van der Waals surface area contributed by atoms with Crippen LogP contribution in [-0.2, 0) is 6.54 Å². The fourth-order valence-corrected chi connectivity index (χ4v) is 2.94. The van der Waals surface area contributed by atoms with Gasteiger partial charge in [0.1, 0.15) is 11.8 Å². The summed E-state index contributed by atoms with van der Waals surface area (Å²) in [4.78, 5) is 25.4. The molecule has 1 aromatic carbocycles. The predicted octanol–water partition coefficient (Wildman–Crippen LogP) is 0.858. The van der Waals surface area contributed by atoms with E-state index in [1.165, 1.54) is 0 Å². The number of aryl methyl sites for hydroxylation is 1. The summed E-state index contributed by atoms with van der Waals surface area (Å²) in [5.41, 5.74) is 3.24. The first-order valence-electron chi connectivity index (χ1n) is 9.74. The van der Waals surface area contributed by atoms with E-state index in [2.05, 4.69) is 30.7 Å². The SMILES string of the molecule is CCn1cc(Nc2ncc3ncn(-c4ccc(C(=O)NCC(O)CO)cc4)c3n2)cn1. The summed E-state index contributed by atoms with van der Waals surface area (Å²) >= 11 is 0. The first-order chi connectivity index (χ1) is 15.1. The molecule has 1 amide bonds. The maximum Gasteiger partial charge on any atom is 0.251 e. The molecule has 0 aliphatic carbocycles. The Hall–Kier alpha value is -3.83. The van der Waals surface area contributed by atoms with Gasteiger partial charge in [-0.25, -0.2) is 9.97 Å². The van der Waals surface area contributed by atoms with Crippen molar-refractivity contribution >= 4 is 28.7 Å². The Labute approximate surface area is 177 Å². The third-order valence-corrected chi connectivity index (χ3v) is 4.62. The third kappa shape index (κ3) is 4.52. The zero-order valence-corrected chi connectivity index (χ0v) is 16.8. The molecule has 0 aliphatic rings. The van der Waals surface area contributed by atoms with Crippen LogP contribution in [0, 0.1) is 0 Å². The number of aliphatic hydroxyl groups excluding tert-OH is 2. The molecule has 1 atom stereocenters. The minimum Gasteiger partial charge on any atom is -0.394 e. The second-order valence-electron chi connectivity index (χ2n) is 6.82. The van der Waals surface area contributed by atoms with Crippen molar-refractivity contribution in [3.63, 3.8) is 0 Å². The normalized spacial score (nSPS) is 12.1. The lowest BCUT2D eigenvalue weighted by Crippen LogP contribution is -2.33. The van der Waals surface area contributed by atoms with Gasteiger partial charge in [0.05, 0.1) is 30.8 Å². The zero-order valence-electron chi connectivity index (χ0n) is 16.8. The Morgan fingerprint density at radius 1 is 1.19 bits per heavy atom. The first kappa shape index (κ1) is 20.4. The van der Waals surface area contributed by atoms with E-state index in [1.54, 1.807) is 52.2 Å². The van der Waals surface area contributed by atoms with Crippen molar-refractivity contribution in [3.05, 3.63) is 54.7 Å². The van der Waals surface area contributed by atoms with Crippen LogP contribution in [0.4, 0.5) is 11.6 Å². The molecule has 0 saturated carbocycles. The number of nitrogens with one attached hydrogen (secondary N) is 2. The van der Waals surface area contributed by atoms with E-state index >= 15 is 0 Å². The van der Waals surface area contributed by atoms with E-state index in [4.69, 9.17) is 5.11 Å². The molecule has 0 saturated heterocycles. The monoisotopic (exact) mass is 422 g/mol. The average Bonchev–Trinajstić information content (AvgIpc) is 3.44. The molecule has 0 radical (unpaired) electrons. The van der Waals surface area contributed by atoms with Gasteiger partial charge in [-0.05, 0) is 31.2 Å². The van der Waals surface area contributed by atoms with E-state index in [9.17, 15) is 9.90 Å². The summed E-state index contributed by atoms with van der Waals surface area (Å²) in [6.45, 7) is 2.34. The van der Waals surface area contributed by atoms with E-state index in [1.807, 2.05) is 13.1 Å². The Morgan fingerprint density at radius 2 is 2.00 bits per heavy atom. The van der Waals surface area contributed by atoms with E-state index in [0.717, 1.165) is 17.9 Å². The number of carbonyl (C=O) groups is 1. The number of hydrogen-bond acceptors (Lipinski definition) is 8. The highest BCUT2D eigenvalue weighted by atomic mass is 16.3. The van der Waals surface area contributed by atoms with E-state index in [-0.39, 0.29) is 12.5 Å². The van der Waals surface area contributed by atoms with Crippen molar-refractivity contribution in [1.82, 2.24) is 34.6 Å². The molecule has 3 aromatic heterocycles. The lowest BCUT2D eigenvalue weighted by atomic mass is 10.2. The van der Waals surface area contributed by atoms with Gasteiger partial charge in [-0.2, -0.15) is 10.1 Å². The number of rotatable bonds is 8. The lowest BCUT2D eigenvalue weighted by molar-refractivity contribution is 0.0802. The van der Waals surface area contributed by atoms with Crippen LogP contribution in [0.25, 0.3) is 16.9 Å². The average molecular weight is 422 g/mol. The van der Waals surface area contributed by atoms with Gasteiger partial charge in [-0.3, -0.25) is 14.0 Å². The molecule has 0 fully saturated rings. The van der Waals surface area contributed by atoms with Gasteiger partial charge in [0, 0.05) is 30.5 Å². The summed E-state index contributed by atoms with van der Waals surface area (Å²) in [6.07, 6.45) is 5.87. The second-order valence-corrected chi connectivity index (χ2v) is 6.82. The first-order valence-corrected chi connectivity index (χ1v) is 9.74.